The van der Waals surface area contributed by atoms with Gasteiger partial charge in [0.15, 0.2) is 0 Å². The SMILES string of the molecule is Cn1c2c(c3c(O)cccc31)CCNC2. The molecule has 0 spiro atoms. The number of nitrogens with one attached hydrogen (secondary N) is 1. The van der Waals surface area contributed by atoms with Gasteiger partial charge in [0.1, 0.15) is 5.75 Å². The molecule has 2 aromatic rings. The van der Waals surface area contributed by atoms with Crippen LogP contribution in [-0.2, 0) is 20.0 Å². The summed E-state index contributed by atoms with van der Waals surface area (Å²) in [5.74, 6) is 0.409. The second-order valence-corrected chi connectivity index (χ2v) is 4.08. The summed E-state index contributed by atoms with van der Waals surface area (Å²) in [6.45, 7) is 1.90. The van der Waals surface area contributed by atoms with Crippen LogP contribution in [0.1, 0.15) is 11.3 Å². The molecule has 1 aliphatic heterocycles. The third kappa shape index (κ3) is 1.10. The molecule has 0 saturated carbocycles. The summed E-state index contributed by atoms with van der Waals surface area (Å²) in [6, 6.07) is 5.73. The van der Waals surface area contributed by atoms with Crippen molar-refractivity contribution in [3.63, 3.8) is 0 Å². The van der Waals surface area contributed by atoms with Crippen LogP contribution in [0.2, 0.25) is 0 Å². The minimum atomic E-state index is 0.409. The lowest BCUT2D eigenvalue weighted by molar-refractivity contribution is 0.481. The minimum Gasteiger partial charge on any atom is -0.507 e. The van der Waals surface area contributed by atoms with Crippen LogP contribution in [0.4, 0.5) is 0 Å². The van der Waals surface area contributed by atoms with E-state index < -0.39 is 0 Å². The third-order valence-electron chi connectivity index (χ3n) is 3.28. The molecule has 3 nitrogen and oxygen atoms in total. The van der Waals surface area contributed by atoms with E-state index in [-0.39, 0.29) is 0 Å². The molecule has 78 valence electrons. The Hall–Kier alpha value is -1.48. The lowest BCUT2D eigenvalue weighted by Crippen LogP contribution is -2.24. The largest absolute Gasteiger partial charge is 0.507 e. The fourth-order valence-corrected chi connectivity index (χ4v) is 2.52. The Labute approximate surface area is 88.3 Å². The van der Waals surface area contributed by atoms with Crippen LogP contribution in [0.5, 0.6) is 5.75 Å². The summed E-state index contributed by atoms with van der Waals surface area (Å²) in [7, 11) is 2.06. The van der Waals surface area contributed by atoms with Crippen molar-refractivity contribution >= 4 is 10.9 Å². The molecule has 0 bridgehead atoms. The average Bonchev–Trinajstić information content (AvgIpc) is 2.55. The van der Waals surface area contributed by atoms with Crippen LogP contribution >= 0.6 is 0 Å². The van der Waals surface area contributed by atoms with E-state index in [4.69, 9.17) is 0 Å². The Morgan fingerprint density at radius 1 is 1.40 bits per heavy atom. The summed E-state index contributed by atoms with van der Waals surface area (Å²) < 4.78 is 2.18. The molecule has 0 fully saturated rings. The van der Waals surface area contributed by atoms with Crippen molar-refractivity contribution in [2.24, 2.45) is 7.05 Å². The Morgan fingerprint density at radius 3 is 3.13 bits per heavy atom. The third-order valence-corrected chi connectivity index (χ3v) is 3.28. The highest BCUT2D eigenvalue weighted by Crippen LogP contribution is 2.33. The van der Waals surface area contributed by atoms with Crippen molar-refractivity contribution < 1.29 is 5.11 Å². The van der Waals surface area contributed by atoms with E-state index >= 15 is 0 Å². The van der Waals surface area contributed by atoms with E-state index in [1.165, 1.54) is 11.3 Å². The van der Waals surface area contributed by atoms with Gasteiger partial charge in [0.2, 0.25) is 0 Å². The van der Waals surface area contributed by atoms with E-state index in [1.807, 2.05) is 6.07 Å². The lowest BCUT2D eigenvalue weighted by atomic mass is 10.0. The van der Waals surface area contributed by atoms with Crippen molar-refractivity contribution in [1.82, 2.24) is 9.88 Å². The molecular weight excluding hydrogens is 188 g/mol. The standard InChI is InChI=1S/C12H14N2O/c1-14-9-3-2-4-11(15)12(9)8-5-6-13-7-10(8)14/h2-4,13,15H,5-7H2,1H3. The monoisotopic (exact) mass is 202 g/mol. The van der Waals surface area contributed by atoms with Gasteiger partial charge in [0.05, 0.1) is 5.52 Å². The number of phenols is 1. The lowest BCUT2D eigenvalue weighted by Gasteiger charge is -2.14. The number of rotatable bonds is 0. The molecule has 0 atom stereocenters. The molecule has 2 N–H and O–H groups in total. The molecule has 2 heterocycles. The molecule has 1 aromatic carbocycles. The van der Waals surface area contributed by atoms with E-state index in [9.17, 15) is 5.11 Å². The minimum absolute atomic E-state index is 0.409. The molecule has 3 heteroatoms. The molecule has 3 rings (SSSR count). The fraction of sp³-hybridized carbons (Fsp3) is 0.333. The maximum absolute atomic E-state index is 9.91. The van der Waals surface area contributed by atoms with Crippen LogP contribution in [0.3, 0.4) is 0 Å². The predicted octanol–water partition coefficient (Wildman–Crippen LogP) is 1.53. The quantitative estimate of drug-likeness (QED) is 0.679. The van der Waals surface area contributed by atoms with E-state index in [1.54, 1.807) is 6.07 Å². The topological polar surface area (TPSA) is 37.2 Å². The summed E-state index contributed by atoms with van der Waals surface area (Å²) >= 11 is 0. The second-order valence-electron chi connectivity index (χ2n) is 4.08. The van der Waals surface area contributed by atoms with Crippen LogP contribution in [0, 0.1) is 0 Å². The van der Waals surface area contributed by atoms with Crippen LogP contribution < -0.4 is 5.32 Å². The molecule has 0 aliphatic carbocycles. The number of aromatic hydroxyl groups is 1. The Kier molecular flexibility index (Phi) is 1.76. The van der Waals surface area contributed by atoms with Crippen molar-refractivity contribution in [3.05, 3.63) is 29.5 Å². The van der Waals surface area contributed by atoms with Crippen LogP contribution in [0.25, 0.3) is 10.9 Å². The van der Waals surface area contributed by atoms with E-state index in [2.05, 4.69) is 23.0 Å². The summed E-state index contributed by atoms with van der Waals surface area (Å²) in [6.07, 6.45) is 1.00. The molecule has 0 radical (unpaired) electrons. The van der Waals surface area contributed by atoms with Crippen molar-refractivity contribution in [1.29, 1.82) is 0 Å². The summed E-state index contributed by atoms with van der Waals surface area (Å²) in [4.78, 5) is 0. The van der Waals surface area contributed by atoms with Crippen molar-refractivity contribution in [3.8, 4) is 5.75 Å². The fourth-order valence-electron chi connectivity index (χ4n) is 2.52. The van der Waals surface area contributed by atoms with Gasteiger partial charge in [-0.1, -0.05) is 6.07 Å². The number of aromatic nitrogens is 1. The smallest absolute Gasteiger partial charge is 0.125 e. The number of phenolic OH excluding ortho intramolecular Hbond substituents is 1. The van der Waals surface area contributed by atoms with Gasteiger partial charge in [-0.25, -0.2) is 0 Å². The summed E-state index contributed by atoms with van der Waals surface area (Å²) in [5.41, 5.74) is 3.74. The molecule has 1 aromatic heterocycles. The van der Waals surface area contributed by atoms with Gasteiger partial charge in [0, 0.05) is 24.7 Å². The molecule has 0 unspecified atom stereocenters. The van der Waals surface area contributed by atoms with Gasteiger partial charge >= 0.3 is 0 Å². The van der Waals surface area contributed by atoms with Crippen LogP contribution in [-0.4, -0.2) is 16.2 Å². The van der Waals surface area contributed by atoms with Gasteiger partial charge in [-0.3, -0.25) is 0 Å². The number of hydrogen-bond donors (Lipinski definition) is 2. The molecule has 1 aliphatic rings. The van der Waals surface area contributed by atoms with Crippen molar-refractivity contribution in [2.45, 2.75) is 13.0 Å². The first kappa shape index (κ1) is 8.80. The molecule has 0 amide bonds. The highest BCUT2D eigenvalue weighted by atomic mass is 16.3. The zero-order chi connectivity index (χ0) is 10.4. The number of nitrogens with zero attached hydrogens (tertiary/aromatic N) is 1. The highest BCUT2D eigenvalue weighted by Gasteiger charge is 2.19. The van der Waals surface area contributed by atoms with Gasteiger partial charge in [-0.2, -0.15) is 0 Å². The zero-order valence-corrected chi connectivity index (χ0v) is 8.75. The van der Waals surface area contributed by atoms with E-state index in [0.29, 0.717) is 5.75 Å². The molecular formula is C12H14N2O. The number of fused-ring (bicyclic) bond motifs is 3. The van der Waals surface area contributed by atoms with Crippen molar-refractivity contribution in [2.75, 3.05) is 6.54 Å². The Balaban J connectivity index is 2.44. The van der Waals surface area contributed by atoms with Gasteiger partial charge in [0.25, 0.3) is 0 Å². The average molecular weight is 202 g/mol. The first-order chi connectivity index (χ1) is 7.29. The first-order valence-electron chi connectivity index (χ1n) is 5.28. The predicted molar refractivity (Wildman–Crippen MR) is 60.0 cm³/mol. The van der Waals surface area contributed by atoms with Gasteiger partial charge in [-0.05, 0) is 30.7 Å². The number of hydrogen-bond acceptors (Lipinski definition) is 2. The summed E-state index contributed by atoms with van der Waals surface area (Å²) in [5, 5.41) is 14.3. The zero-order valence-electron chi connectivity index (χ0n) is 8.75. The number of aryl methyl sites for hydroxylation is 1. The highest BCUT2D eigenvalue weighted by molar-refractivity contribution is 5.91. The maximum atomic E-state index is 9.91. The van der Waals surface area contributed by atoms with E-state index in [0.717, 1.165) is 30.4 Å². The maximum Gasteiger partial charge on any atom is 0.125 e. The normalized spacial score (nSPS) is 15.5. The second kappa shape index (κ2) is 3.00. The van der Waals surface area contributed by atoms with Crippen LogP contribution in [0.15, 0.2) is 18.2 Å². The molecule has 0 saturated heterocycles. The first-order valence-corrected chi connectivity index (χ1v) is 5.28. The Morgan fingerprint density at radius 2 is 2.27 bits per heavy atom. The Bertz CT molecular complexity index is 528. The number of benzene rings is 1. The van der Waals surface area contributed by atoms with Gasteiger partial charge in [-0.15, -0.1) is 0 Å². The molecule has 15 heavy (non-hydrogen) atoms. The van der Waals surface area contributed by atoms with Gasteiger partial charge < -0.3 is 15.0 Å².